The van der Waals surface area contributed by atoms with Gasteiger partial charge in [-0.2, -0.15) is 0 Å². The number of sulfonamides is 1. The topological polar surface area (TPSA) is 88.5 Å². The Bertz CT molecular complexity index is 650. The molecule has 2 heterocycles. The van der Waals surface area contributed by atoms with Crippen LogP contribution in [0.1, 0.15) is 4.88 Å². The molecular formula is C11H12N2O4S2. The Morgan fingerprint density at radius 1 is 1.47 bits per heavy atom. The number of nitrogens with zero attached hydrogens (tertiary/aromatic N) is 1. The van der Waals surface area contributed by atoms with E-state index in [4.69, 9.17) is 9.84 Å². The third-order valence-electron chi connectivity index (χ3n) is 2.29. The SMILES string of the molecule is COc1ccc(NS(=O)(=O)c2csc(CO)c2)cn1. The quantitative estimate of drug-likeness (QED) is 0.872. The van der Waals surface area contributed by atoms with Crippen LogP contribution in [0, 0.1) is 0 Å². The highest BCUT2D eigenvalue weighted by molar-refractivity contribution is 7.92. The molecule has 2 N–H and O–H groups in total. The van der Waals surface area contributed by atoms with Crippen molar-refractivity contribution >= 4 is 27.0 Å². The molecule has 0 saturated carbocycles. The van der Waals surface area contributed by atoms with Crippen molar-refractivity contribution in [3.63, 3.8) is 0 Å². The van der Waals surface area contributed by atoms with Crippen LogP contribution in [-0.4, -0.2) is 25.6 Å². The van der Waals surface area contributed by atoms with Gasteiger partial charge in [0.25, 0.3) is 10.0 Å². The van der Waals surface area contributed by atoms with E-state index in [1.54, 1.807) is 12.1 Å². The van der Waals surface area contributed by atoms with Crippen LogP contribution in [0.25, 0.3) is 0 Å². The number of methoxy groups -OCH3 is 1. The number of aliphatic hydroxyl groups excluding tert-OH is 1. The Balaban J connectivity index is 2.20. The molecule has 0 bridgehead atoms. The molecule has 0 unspecified atom stereocenters. The Morgan fingerprint density at radius 2 is 2.26 bits per heavy atom. The van der Waals surface area contributed by atoms with Crippen LogP contribution in [0.3, 0.4) is 0 Å². The standard InChI is InChI=1S/C11H12N2O4S2/c1-17-11-3-2-8(5-12-11)13-19(15,16)10-4-9(6-14)18-7-10/h2-5,7,13-14H,6H2,1H3. The van der Waals surface area contributed by atoms with E-state index in [0.29, 0.717) is 16.4 Å². The van der Waals surface area contributed by atoms with Crippen LogP contribution in [0.5, 0.6) is 5.88 Å². The molecule has 0 radical (unpaired) electrons. The highest BCUT2D eigenvalue weighted by Gasteiger charge is 2.16. The van der Waals surface area contributed by atoms with E-state index in [9.17, 15) is 8.42 Å². The van der Waals surface area contributed by atoms with Crippen molar-refractivity contribution in [3.8, 4) is 5.88 Å². The third kappa shape index (κ3) is 3.22. The Hall–Kier alpha value is -1.64. The molecule has 0 aromatic carbocycles. The number of hydrogen-bond acceptors (Lipinski definition) is 6. The fraction of sp³-hybridized carbons (Fsp3) is 0.182. The first-order valence-electron chi connectivity index (χ1n) is 5.26. The molecule has 0 spiro atoms. The van der Waals surface area contributed by atoms with Gasteiger partial charge >= 0.3 is 0 Å². The zero-order chi connectivity index (χ0) is 13.9. The van der Waals surface area contributed by atoms with Crippen molar-refractivity contribution < 1.29 is 18.3 Å². The maximum atomic E-state index is 12.0. The molecule has 0 amide bonds. The summed E-state index contributed by atoms with van der Waals surface area (Å²) in [6, 6.07) is 4.55. The number of hydrogen-bond donors (Lipinski definition) is 2. The second kappa shape index (κ2) is 5.55. The summed E-state index contributed by atoms with van der Waals surface area (Å²) in [6.45, 7) is -0.176. The minimum Gasteiger partial charge on any atom is -0.481 e. The highest BCUT2D eigenvalue weighted by Crippen LogP contribution is 2.22. The summed E-state index contributed by atoms with van der Waals surface area (Å²) in [4.78, 5) is 4.62. The first-order chi connectivity index (χ1) is 9.05. The molecule has 0 atom stereocenters. The van der Waals surface area contributed by atoms with Gasteiger partial charge in [0.1, 0.15) is 0 Å². The average Bonchev–Trinajstić information content (AvgIpc) is 2.89. The largest absolute Gasteiger partial charge is 0.481 e. The number of ether oxygens (including phenoxy) is 1. The zero-order valence-corrected chi connectivity index (χ0v) is 11.7. The van der Waals surface area contributed by atoms with Crippen molar-refractivity contribution in [2.45, 2.75) is 11.5 Å². The van der Waals surface area contributed by atoms with E-state index in [1.165, 1.54) is 36.1 Å². The van der Waals surface area contributed by atoms with Crippen LogP contribution in [0.2, 0.25) is 0 Å². The highest BCUT2D eigenvalue weighted by atomic mass is 32.2. The lowest BCUT2D eigenvalue weighted by Gasteiger charge is -2.06. The maximum absolute atomic E-state index is 12.0. The van der Waals surface area contributed by atoms with E-state index < -0.39 is 10.0 Å². The normalized spacial score (nSPS) is 11.3. The molecule has 0 aliphatic carbocycles. The summed E-state index contributed by atoms with van der Waals surface area (Å²) < 4.78 is 31.4. The molecule has 6 nitrogen and oxygen atoms in total. The maximum Gasteiger partial charge on any atom is 0.262 e. The summed E-state index contributed by atoms with van der Waals surface area (Å²) in [5.74, 6) is 0.404. The molecule has 8 heteroatoms. The molecule has 0 aliphatic rings. The predicted octanol–water partition coefficient (Wildman–Crippen LogP) is 1.44. The second-order valence-corrected chi connectivity index (χ2v) is 6.28. The van der Waals surface area contributed by atoms with E-state index in [2.05, 4.69) is 9.71 Å². The number of nitrogens with one attached hydrogen (secondary N) is 1. The Morgan fingerprint density at radius 3 is 2.79 bits per heavy atom. The Labute approximate surface area is 114 Å². The molecule has 0 fully saturated rings. The number of pyridine rings is 1. The lowest BCUT2D eigenvalue weighted by atomic mass is 10.4. The van der Waals surface area contributed by atoms with Crippen molar-refractivity contribution in [1.82, 2.24) is 4.98 Å². The van der Waals surface area contributed by atoms with Crippen molar-refractivity contribution in [3.05, 3.63) is 34.7 Å². The number of anilines is 1. The van der Waals surface area contributed by atoms with Crippen molar-refractivity contribution in [2.24, 2.45) is 0 Å². The minimum absolute atomic E-state index is 0.123. The minimum atomic E-state index is -3.65. The number of aliphatic hydroxyl groups is 1. The average molecular weight is 300 g/mol. The van der Waals surface area contributed by atoms with Gasteiger partial charge in [0.05, 0.1) is 30.5 Å². The van der Waals surface area contributed by atoms with Gasteiger partial charge < -0.3 is 9.84 Å². The molecule has 2 aromatic heterocycles. The molecule has 19 heavy (non-hydrogen) atoms. The fourth-order valence-corrected chi connectivity index (χ4v) is 3.54. The summed E-state index contributed by atoms with van der Waals surface area (Å²) in [5.41, 5.74) is 0.345. The monoisotopic (exact) mass is 300 g/mol. The van der Waals surface area contributed by atoms with Gasteiger partial charge in [-0.3, -0.25) is 4.72 Å². The van der Waals surface area contributed by atoms with Crippen LogP contribution in [0.15, 0.2) is 34.7 Å². The van der Waals surface area contributed by atoms with E-state index >= 15 is 0 Å². The zero-order valence-electron chi connectivity index (χ0n) is 10.0. The van der Waals surface area contributed by atoms with E-state index in [-0.39, 0.29) is 11.5 Å². The van der Waals surface area contributed by atoms with Crippen molar-refractivity contribution in [2.75, 3.05) is 11.8 Å². The summed E-state index contributed by atoms with van der Waals surface area (Å²) in [5, 5.41) is 10.4. The number of rotatable bonds is 5. The number of aromatic nitrogens is 1. The molecule has 0 saturated heterocycles. The van der Waals surface area contributed by atoms with Gasteiger partial charge in [0.2, 0.25) is 5.88 Å². The summed E-state index contributed by atoms with van der Waals surface area (Å²) in [7, 11) is -2.17. The lowest BCUT2D eigenvalue weighted by molar-refractivity contribution is 0.285. The van der Waals surface area contributed by atoms with Gasteiger partial charge in [-0.25, -0.2) is 13.4 Å². The Kier molecular flexibility index (Phi) is 4.03. The van der Waals surface area contributed by atoms with Gasteiger partial charge in [-0.05, 0) is 12.1 Å². The summed E-state index contributed by atoms with van der Waals surface area (Å²) >= 11 is 1.19. The molecule has 102 valence electrons. The van der Waals surface area contributed by atoms with E-state index in [1.807, 2.05) is 0 Å². The van der Waals surface area contributed by atoms with Crippen LogP contribution < -0.4 is 9.46 Å². The second-order valence-electron chi connectivity index (χ2n) is 3.60. The van der Waals surface area contributed by atoms with E-state index in [0.717, 1.165) is 0 Å². The summed E-state index contributed by atoms with van der Waals surface area (Å²) in [6.07, 6.45) is 1.37. The fourth-order valence-electron chi connectivity index (χ4n) is 1.36. The van der Waals surface area contributed by atoms with Gasteiger partial charge in [0.15, 0.2) is 0 Å². The molecule has 2 rings (SSSR count). The predicted molar refractivity (Wildman–Crippen MR) is 71.8 cm³/mol. The van der Waals surface area contributed by atoms with Crippen LogP contribution in [-0.2, 0) is 16.6 Å². The first-order valence-corrected chi connectivity index (χ1v) is 7.62. The van der Waals surface area contributed by atoms with Gasteiger partial charge in [-0.1, -0.05) is 0 Å². The first kappa shape index (κ1) is 13.8. The molecule has 0 aliphatic heterocycles. The van der Waals surface area contributed by atoms with Crippen LogP contribution >= 0.6 is 11.3 Å². The van der Waals surface area contributed by atoms with Crippen molar-refractivity contribution in [1.29, 1.82) is 0 Å². The number of thiophene rings is 1. The van der Waals surface area contributed by atoms with Gasteiger partial charge in [0, 0.05) is 16.3 Å². The van der Waals surface area contributed by atoms with Crippen LogP contribution in [0.4, 0.5) is 5.69 Å². The molecular weight excluding hydrogens is 288 g/mol. The smallest absolute Gasteiger partial charge is 0.262 e. The molecule has 2 aromatic rings. The van der Waals surface area contributed by atoms with Gasteiger partial charge in [-0.15, -0.1) is 11.3 Å². The third-order valence-corrected chi connectivity index (χ3v) is 4.72. The lowest BCUT2D eigenvalue weighted by Crippen LogP contribution is -2.12.